The topological polar surface area (TPSA) is 37.6 Å². The molecule has 0 fully saturated rings. The summed E-state index contributed by atoms with van der Waals surface area (Å²) in [7, 11) is 0. The van der Waals surface area contributed by atoms with Crippen molar-refractivity contribution in [2.45, 2.75) is 6.18 Å². The van der Waals surface area contributed by atoms with E-state index in [4.69, 9.17) is 0 Å². The Morgan fingerprint density at radius 2 is 1.61 bits per heavy atom. The van der Waals surface area contributed by atoms with Gasteiger partial charge in [0.05, 0.1) is 11.3 Å². The summed E-state index contributed by atoms with van der Waals surface area (Å²) >= 11 is 0. The first-order chi connectivity index (χ1) is 8.55. The third-order valence-corrected chi connectivity index (χ3v) is 2.10. The summed E-state index contributed by atoms with van der Waals surface area (Å²) in [5.41, 5.74) is -0.194. The van der Waals surface area contributed by atoms with E-state index in [0.717, 1.165) is 12.3 Å². The molecule has 18 heavy (non-hydrogen) atoms. The zero-order valence-corrected chi connectivity index (χ0v) is 9.09. The van der Waals surface area contributed by atoms with Crippen molar-refractivity contribution >= 4 is 11.5 Å². The first kappa shape index (κ1) is 12.2. The number of azo groups is 1. The van der Waals surface area contributed by atoms with Gasteiger partial charge in [-0.1, -0.05) is 18.2 Å². The lowest BCUT2D eigenvalue weighted by Crippen LogP contribution is -2.04. The van der Waals surface area contributed by atoms with Crippen LogP contribution >= 0.6 is 0 Å². The van der Waals surface area contributed by atoms with Crippen molar-refractivity contribution < 1.29 is 13.2 Å². The van der Waals surface area contributed by atoms with Crippen LogP contribution in [0.5, 0.6) is 0 Å². The first-order valence-corrected chi connectivity index (χ1v) is 5.06. The highest BCUT2D eigenvalue weighted by atomic mass is 19.4. The van der Waals surface area contributed by atoms with Crippen LogP contribution < -0.4 is 0 Å². The van der Waals surface area contributed by atoms with Crippen molar-refractivity contribution in [1.29, 1.82) is 0 Å². The van der Waals surface area contributed by atoms with Gasteiger partial charge in [0.25, 0.3) is 0 Å². The third-order valence-electron chi connectivity index (χ3n) is 2.10. The van der Waals surface area contributed by atoms with Gasteiger partial charge in [0, 0.05) is 6.20 Å². The molecular formula is C12H8F3N3. The van der Waals surface area contributed by atoms with Crippen LogP contribution in [-0.2, 0) is 6.18 Å². The average molecular weight is 251 g/mol. The van der Waals surface area contributed by atoms with Crippen LogP contribution in [0.1, 0.15) is 5.56 Å². The summed E-state index contributed by atoms with van der Waals surface area (Å²) in [4.78, 5) is 3.58. The molecule has 0 aliphatic carbocycles. The van der Waals surface area contributed by atoms with Crippen LogP contribution in [0, 0.1) is 0 Å². The maximum Gasteiger partial charge on any atom is 0.417 e. The number of aromatic nitrogens is 1. The Kier molecular flexibility index (Phi) is 3.36. The van der Waals surface area contributed by atoms with Gasteiger partial charge < -0.3 is 0 Å². The lowest BCUT2D eigenvalue weighted by Gasteiger charge is -2.04. The number of alkyl halides is 3. The quantitative estimate of drug-likeness (QED) is 0.723. The summed E-state index contributed by atoms with van der Waals surface area (Å²) in [6, 6.07) is 11.0. The molecule has 1 aromatic heterocycles. The van der Waals surface area contributed by atoms with E-state index in [9.17, 15) is 13.2 Å². The molecule has 0 radical (unpaired) electrons. The molecule has 0 saturated heterocycles. The summed E-state index contributed by atoms with van der Waals surface area (Å²) < 4.78 is 36.8. The van der Waals surface area contributed by atoms with E-state index in [1.807, 2.05) is 6.07 Å². The SMILES string of the molecule is FC(F)(F)c1ccc(N=Nc2ccccc2)nc1. The van der Waals surface area contributed by atoms with Gasteiger partial charge in [-0.05, 0) is 24.3 Å². The van der Waals surface area contributed by atoms with E-state index in [1.165, 1.54) is 6.07 Å². The van der Waals surface area contributed by atoms with Gasteiger partial charge >= 0.3 is 6.18 Å². The molecule has 0 aliphatic heterocycles. The number of nitrogens with zero attached hydrogens (tertiary/aromatic N) is 3. The Labute approximate surface area is 101 Å². The monoisotopic (exact) mass is 251 g/mol. The predicted octanol–water partition coefficient (Wildman–Crippen LogP) is 4.52. The Bertz CT molecular complexity index is 533. The van der Waals surface area contributed by atoms with Crippen LogP contribution in [0.3, 0.4) is 0 Å². The van der Waals surface area contributed by atoms with Gasteiger partial charge in [0.15, 0.2) is 5.82 Å². The largest absolute Gasteiger partial charge is 0.417 e. The number of benzene rings is 1. The van der Waals surface area contributed by atoms with Crippen molar-refractivity contribution in [3.63, 3.8) is 0 Å². The molecule has 0 aliphatic rings. The van der Waals surface area contributed by atoms with Gasteiger partial charge in [-0.3, -0.25) is 0 Å². The average Bonchev–Trinajstić information content (AvgIpc) is 2.37. The van der Waals surface area contributed by atoms with E-state index >= 15 is 0 Å². The minimum atomic E-state index is -4.39. The summed E-state index contributed by atoms with van der Waals surface area (Å²) in [5, 5.41) is 7.60. The van der Waals surface area contributed by atoms with Gasteiger partial charge in [0.1, 0.15) is 0 Å². The molecule has 0 unspecified atom stereocenters. The molecule has 0 amide bonds. The van der Waals surface area contributed by atoms with Crippen LogP contribution in [0.2, 0.25) is 0 Å². The van der Waals surface area contributed by atoms with E-state index < -0.39 is 11.7 Å². The second-order valence-corrected chi connectivity index (χ2v) is 3.44. The van der Waals surface area contributed by atoms with Crippen LogP contribution in [0.15, 0.2) is 58.9 Å². The second kappa shape index (κ2) is 4.95. The van der Waals surface area contributed by atoms with Crippen molar-refractivity contribution in [3.8, 4) is 0 Å². The molecule has 0 atom stereocenters. The lowest BCUT2D eigenvalue weighted by atomic mass is 10.3. The molecule has 2 rings (SSSR count). The molecule has 0 N–H and O–H groups in total. The molecule has 0 saturated carbocycles. The maximum atomic E-state index is 12.3. The zero-order valence-electron chi connectivity index (χ0n) is 9.09. The highest BCUT2D eigenvalue weighted by molar-refractivity contribution is 5.36. The summed E-state index contributed by atoms with van der Waals surface area (Å²) in [5.74, 6) is 0.131. The molecule has 1 heterocycles. The normalized spacial score (nSPS) is 11.9. The number of hydrogen-bond donors (Lipinski definition) is 0. The molecule has 6 heteroatoms. The zero-order chi connectivity index (χ0) is 13.0. The molecule has 2 aromatic rings. The maximum absolute atomic E-state index is 12.3. The van der Waals surface area contributed by atoms with Gasteiger partial charge in [-0.25, -0.2) is 4.98 Å². The predicted molar refractivity (Wildman–Crippen MR) is 59.9 cm³/mol. The minimum absolute atomic E-state index is 0.131. The fourth-order valence-corrected chi connectivity index (χ4v) is 1.22. The molecule has 1 aromatic carbocycles. The van der Waals surface area contributed by atoms with Crippen molar-refractivity contribution in [2.24, 2.45) is 10.2 Å². The standard InChI is InChI=1S/C12H8F3N3/c13-12(14,15)9-6-7-11(16-8-9)18-17-10-4-2-1-3-5-10/h1-8H. The Balaban J connectivity index is 2.14. The van der Waals surface area contributed by atoms with Crippen LogP contribution in [0.4, 0.5) is 24.7 Å². The molecule has 92 valence electrons. The van der Waals surface area contributed by atoms with E-state index in [-0.39, 0.29) is 5.82 Å². The Morgan fingerprint density at radius 3 is 2.17 bits per heavy atom. The molecular weight excluding hydrogens is 243 g/mol. The van der Waals surface area contributed by atoms with Gasteiger partial charge in [-0.2, -0.15) is 13.2 Å². The van der Waals surface area contributed by atoms with E-state index in [0.29, 0.717) is 5.69 Å². The lowest BCUT2D eigenvalue weighted by molar-refractivity contribution is -0.137. The highest BCUT2D eigenvalue weighted by Gasteiger charge is 2.30. The van der Waals surface area contributed by atoms with Gasteiger partial charge in [-0.15, -0.1) is 10.2 Å². The number of hydrogen-bond acceptors (Lipinski definition) is 3. The number of pyridine rings is 1. The summed E-state index contributed by atoms with van der Waals surface area (Å²) in [6.07, 6.45) is -3.65. The third kappa shape index (κ3) is 3.13. The van der Waals surface area contributed by atoms with Crippen molar-refractivity contribution in [2.75, 3.05) is 0 Å². The number of rotatable bonds is 2. The molecule has 0 spiro atoms. The van der Waals surface area contributed by atoms with Crippen molar-refractivity contribution in [3.05, 3.63) is 54.2 Å². The molecule has 0 bridgehead atoms. The second-order valence-electron chi connectivity index (χ2n) is 3.44. The van der Waals surface area contributed by atoms with E-state index in [1.54, 1.807) is 24.3 Å². The fourth-order valence-electron chi connectivity index (χ4n) is 1.22. The number of halogens is 3. The van der Waals surface area contributed by atoms with Crippen LogP contribution in [0.25, 0.3) is 0 Å². The Hall–Kier alpha value is -2.24. The van der Waals surface area contributed by atoms with Crippen LogP contribution in [-0.4, -0.2) is 4.98 Å². The van der Waals surface area contributed by atoms with E-state index in [2.05, 4.69) is 15.2 Å². The first-order valence-electron chi connectivity index (χ1n) is 5.06. The smallest absolute Gasteiger partial charge is 0.235 e. The van der Waals surface area contributed by atoms with Gasteiger partial charge in [0.2, 0.25) is 0 Å². The Morgan fingerprint density at radius 1 is 0.889 bits per heavy atom. The summed E-state index contributed by atoms with van der Waals surface area (Å²) in [6.45, 7) is 0. The molecule has 3 nitrogen and oxygen atoms in total. The highest BCUT2D eigenvalue weighted by Crippen LogP contribution is 2.29. The fraction of sp³-hybridized carbons (Fsp3) is 0.0833. The minimum Gasteiger partial charge on any atom is -0.235 e. The van der Waals surface area contributed by atoms with Crippen molar-refractivity contribution in [1.82, 2.24) is 4.98 Å².